The maximum absolute atomic E-state index is 12.9. The molecule has 1 saturated carbocycles. The molecule has 0 unspecified atom stereocenters. The van der Waals surface area contributed by atoms with E-state index in [1.165, 1.54) is 29.2 Å². The van der Waals surface area contributed by atoms with Gasteiger partial charge in [-0.25, -0.2) is 4.39 Å². The minimum atomic E-state index is -0.373. The van der Waals surface area contributed by atoms with Gasteiger partial charge in [0.2, 0.25) is 5.91 Å². The van der Waals surface area contributed by atoms with Crippen LogP contribution < -0.4 is 5.32 Å². The van der Waals surface area contributed by atoms with Gasteiger partial charge in [0.05, 0.1) is 0 Å². The van der Waals surface area contributed by atoms with E-state index in [2.05, 4.69) is 15.5 Å². The predicted molar refractivity (Wildman–Crippen MR) is 91.8 cm³/mol. The number of hydrogen-bond donors (Lipinski definition) is 2. The monoisotopic (exact) mass is 344 g/mol. The van der Waals surface area contributed by atoms with Crippen molar-refractivity contribution >= 4 is 17.5 Å². The molecule has 0 atom stereocenters. The Bertz CT molecular complexity index is 766. The van der Waals surface area contributed by atoms with E-state index in [0.717, 1.165) is 18.5 Å². The third-order valence-electron chi connectivity index (χ3n) is 4.16. The van der Waals surface area contributed by atoms with Crippen LogP contribution in [0.15, 0.2) is 30.3 Å². The van der Waals surface area contributed by atoms with Gasteiger partial charge in [-0.15, -0.1) is 0 Å². The Hall–Kier alpha value is -2.70. The minimum absolute atomic E-state index is 0.0977. The van der Waals surface area contributed by atoms with Crippen LogP contribution in [0, 0.1) is 5.82 Å². The molecular weight excluding hydrogens is 323 g/mol. The van der Waals surface area contributed by atoms with Gasteiger partial charge < -0.3 is 10.2 Å². The van der Waals surface area contributed by atoms with Gasteiger partial charge in [-0.2, -0.15) is 5.10 Å². The number of carbonyl (C=O) groups excluding carboxylic acids is 2. The Kier molecular flexibility index (Phi) is 4.83. The molecule has 2 N–H and O–H groups in total. The molecule has 1 aliphatic rings. The average molecular weight is 344 g/mol. The molecule has 2 aromatic rings. The number of hydrogen-bond acceptors (Lipinski definition) is 3. The van der Waals surface area contributed by atoms with E-state index in [4.69, 9.17) is 0 Å². The van der Waals surface area contributed by atoms with Crippen LogP contribution in [0.4, 0.5) is 10.1 Å². The predicted octanol–water partition coefficient (Wildman–Crippen LogP) is 2.92. The zero-order chi connectivity index (χ0) is 18.0. The van der Waals surface area contributed by atoms with Crippen LogP contribution in [0.25, 0.3) is 0 Å². The molecule has 25 heavy (non-hydrogen) atoms. The summed E-state index contributed by atoms with van der Waals surface area (Å²) in [5.41, 5.74) is 1.78. The van der Waals surface area contributed by atoms with E-state index < -0.39 is 0 Å². The standard InChI is InChI=1S/C18H21FN4O2/c1-11(2)23(10-17(24)20-14-7-5-13(19)6-8-14)18(25)16-9-15(21-22-16)12-3-4-12/h5-9,11-12H,3-4,10H2,1-2H3,(H,20,24)(H,21,22). The van der Waals surface area contributed by atoms with Crippen LogP contribution >= 0.6 is 0 Å². The van der Waals surface area contributed by atoms with Gasteiger partial charge >= 0.3 is 0 Å². The topological polar surface area (TPSA) is 78.1 Å². The smallest absolute Gasteiger partial charge is 0.275 e. The van der Waals surface area contributed by atoms with Crippen molar-refractivity contribution < 1.29 is 14.0 Å². The molecular formula is C18H21FN4O2. The molecule has 1 aromatic carbocycles. The lowest BCUT2D eigenvalue weighted by atomic mass is 10.2. The van der Waals surface area contributed by atoms with E-state index in [1.807, 2.05) is 13.8 Å². The lowest BCUT2D eigenvalue weighted by Crippen LogP contribution is -2.42. The number of benzene rings is 1. The highest BCUT2D eigenvalue weighted by Crippen LogP contribution is 2.39. The Labute approximate surface area is 145 Å². The molecule has 1 fully saturated rings. The highest BCUT2D eigenvalue weighted by molar-refractivity contribution is 5.98. The zero-order valence-electron chi connectivity index (χ0n) is 14.3. The number of aromatic amines is 1. The van der Waals surface area contributed by atoms with Gasteiger partial charge in [-0.3, -0.25) is 14.7 Å². The van der Waals surface area contributed by atoms with Gasteiger partial charge in [-0.1, -0.05) is 0 Å². The summed E-state index contributed by atoms with van der Waals surface area (Å²) in [6, 6.07) is 7.10. The molecule has 1 heterocycles. The average Bonchev–Trinajstić information content (AvgIpc) is 3.31. The number of carbonyl (C=O) groups is 2. The first kappa shape index (κ1) is 17.1. The van der Waals surface area contributed by atoms with E-state index in [-0.39, 0.29) is 30.2 Å². The Morgan fingerprint density at radius 3 is 2.60 bits per heavy atom. The molecule has 0 radical (unpaired) electrons. The third kappa shape index (κ3) is 4.23. The SMILES string of the molecule is CC(C)N(CC(=O)Nc1ccc(F)cc1)C(=O)c1cc(C2CC2)[nH]n1. The van der Waals surface area contributed by atoms with Gasteiger partial charge in [0.25, 0.3) is 5.91 Å². The highest BCUT2D eigenvalue weighted by Gasteiger charge is 2.28. The number of halogens is 1. The fourth-order valence-electron chi connectivity index (χ4n) is 2.57. The van der Waals surface area contributed by atoms with E-state index >= 15 is 0 Å². The van der Waals surface area contributed by atoms with Crippen molar-refractivity contribution in [1.82, 2.24) is 15.1 Å². The van der Waals surface area contributed by atoms with Crippen LogP contribution in [0.2, 0.25) is 0 Å². The number of aromatic nitrogens is 2. The van der Waals surface area contributed by atoms with Crippen molar-refractivity contribution in [2.75, 3.05) is 11.9 Å². The van der Waals surface area contributed by atoms with Crippen LogP contribution in [-0.4, -0.2) is 39.5 Å². The quantitative estimate of drug-likeness (QED) is 0.846. The Morgan fingerprint density at radius 1 is 1.32 bits per heavy atom. The molecule has 7 heteroatoms. The maximum atomic E-state index is 12.9. The molecule has 3 rings (SSSR count). The number of H-pyrrole nitrogens is 1. The largest absolute Gasteiger partial charge is 0.326 e. The summed E-state index contributed by atoms with van der Waals surface area (Å²) in [6.45, 7) is 3.59. The van der Waals surface area contributed by atoms with Gasteiger partial charge in [0.15, 0.2) is 0 Å². The van der Waals surface area contributed by atoms with Gasteiger partial charge in [0, 0.05) is 23.3 Å². The van der Waals surface area contributed by atoms with Crippen molar-refractivity contribution in [2.45, 2.75) is 38.6 Å². The second-order valence-electron chi connectivity index (χ2n) is 6.56. The fraction of sp³-hybridized carbons (Fsp3) is 0.389. The fourth-order valence-corrected chi connectivity index (χ4v) is 2.57. The van der Waals surface area contributed by atoms with E-state index in [9.17, 15) is 14.0 Å². The first-order chi connectivity index (χ1) is 11.9. The molecule has 0 spiro atoms. The first-order valence-corrected chi connectivity index (χ1v) is 8.35. The summed E-state index contributed by atoms with van der Waals surface area (Å²) < 4.78 is 12.9. The highest BCUT2D eigenvalue weighted by atomic mass is 19.1. The molecule has 132 valence electrons. The Morgan fingerprint density at radius 2 is 2.00 bits per heavy atom. The summed E-state index contributed by atoms with van der Waals surface area (Å²) in [4.78, 5) is 26.4. The summed E-state index contributed by atoms with van der Waals surface area (Å²) >= 11 is 0. The summed E-state index contributed by atoms with van der Waals surface area (Å²) in [5, 5.41) is 9.67. The van der Waals surface area contributed by atoms with Gasteiger partial charge in [0.1, 0.15) is 18.1 Å². The van der Waals surface area contributed by atoms with Crippen LogP contribution in [0.3, 0.4) is 0 Å². The van der Waals surface area contributed by atoms with Crippen molar-refractivity contribution in [3.63, 3.8) is 0 Å². The maximum Gasteiger partial charge on any atom is 0.275 e. The number of rotatable bonds is 6. The Balaban J connectivity index is 1.66. The molecule has 2 amide bonds. The second-order valence-corrected chi connectivity index (χ2v) is 6.56. The molecule has 1 aliphatic carbocycles. The van der Waals surface area contributed by atoms with E-state index in [0.29, 0.717) is 17.3 Å². The summed E-state index contributed by atoms with van der Waals surface area (Å²) in [6.07, 6.45) is 2.23. The number of nitrogens with one attached hydrogen (secondary N) is 2. The number of amides is 2. The number of nitrogens with zero attached hydrogens (tertiary/aromatic N) is 2. The van der Waals surface area contributed by atoms with Crippen molar-refractivity contribution in [1.29, 1.82) is 0 Å². The summed E-state index contributed by atoms with van der Waals surface area (Å²) in [7, 11) is 0. The molecule has 6 nitrogen and oxygen atoms in total. The van der Waals surface area contributed by atoms with Crippen molar-refractivity contribution in [3.8, 4) is 0 Å². The molecule has 0 bridgehead atoms. The first-order valence-electron chi connectivity index (χ1n) is 8.35. The molecule has 0 saturated heterocycles. The molecule has 1 aromatic heterocycles. The zero-order valence-corrected chi connectivity index (χ0v) is 14.3. The third-order valence-corrected chi connectivity index (χ3v) is 4.16. The lowest BCUT2D eigenvalue weighted by molar-refractivity contribution is -0.117. The van der Waals surface area contributed by atoms with Crippen LogP contribution in [-0.2, 0) is 4.79 Å². The van der Waals surface area contributed by atoms with Crippen molar-refractivity contribution in [3.05, 3.63) is 47.5 Å². The van der Waals surface area contributed by atoms with Crippen molar-refractivity contribution in [2.24, 2.45) is 0 Å². The van der Waals surface area contributed by atoms with Crippen LogP contribution in [0.1, 0.15) is 48.8 Å². The number of anilines is 1. The minimum Gasteiger partial charge on any atom is -0.326 e. The van der Waals surface area contributed by atoms with Crippen LogP contribution in [0.5, 0.6) is 0 Å². The van der Waals surface area contributed by atoms with E-state index in [1.54, 1.807) is 6.07 Å². The molecule has 0 aliphatic heterocycles. The lowest BCUT2D eigenvalue weighted by Gasteiger charge is -2.25. The summed E-state index contributed by atoms with van der Waals surface area (Å²) in [5.74, 6) is -0.524. The normalized spacial score (nSPS) is 13.8. The second kappa shape index (κ2) is 7.04. The van der Waals surface area contributed by atoms with Gasteiger partial charge in [-0.05, 0) is 57.0 Å².